The molecular weight excluding hydrogens is 371 g/mol. The molecule has 0 saturated heterocycles. The Kier molecular flexibility index (Phi) is 6.03. The standard InChI is InChI=1S/C20H18Cl2N2O2/c21-14-6-8-18(22)17(11-14)19-9-7-16(26-19)10-13(12-23)20(25)24-15-4-2-1-3-5-15/h6-11,15H,1-5H2,(H,24,25)/b13-10+. The lowest BCUT2D eigenvalue weighted by atomic mass is 9.95. The molecule has 134 valence electrons. The summed E-state index contributed by atoms with van der Waals surface area (Å²) >= 11 is 12.2. The van der Waals surface area contributed by atoms with Crippen LogP contribution in [0.4, 0.5) is 0 Å². The van der Waals surface area contributed by atoms with Gasteiger partial charge in [0.25, 0.3) is 5.91 Å². The third-order valence-corrected chi connectivity index (χ3v) is 4.98. The SMILES string of the molecule is N#C/C(=C\c1ccc(-c2cc(Cl)ccc2Cl)o1)C(=O)NC1CCCCC1. The van der Waals surface area contributed by atoms with E-state index in [1.165, 1.54) is 12.5 Å². The maximum absolute atomic E-state index is 12.3. The van der Waals surface area contributed by atoms with Crippen LogP contribution >= 0.6 is 23.2 Å². The first-order valence-electron chi connectivity index (χ1n) is 8.55. The molecule has 1 heterocycles. The predicted molar refractivity (Wildman–Crippen MR) is 103 cm³/mol. The van der Waals surface area contributed by atoms with E-state index >= 15 is 0 Å². The summed E-state index contributed by atoms with van der Waals surface area (Å²) in [6.45, 7) is 0. The highest BCUT2D eigenvalue weighted by molar-refractivity contribution is 6.35. The fraction of sp³-hybridized carbons (Fsp3) is 0.300. The number of nitrogens with zero attached hydrogens (tertiary/aromatic N) is 1. The Morgan fingerprint density at radius 1 is 1.19 bits per heavy atom. The van der Waals surface area contributed by atoms with Crippen LogP contribution in [0.3, 0.4) is 0 Å². The highest BCUT2D eigenvalue weighted by Crippen LogP contribution is 2.32. The number of carbonyl (C=O) groups is 1. The molecule has 26 heavy (non-hydrogen) atoms. The van der Waals surface area contributed by atoms with Gasteiger partial charge in [0.1, 0.15) is 23.2 Å². The van der Waals surface area contributed by atoms with Gasteiger partial charge in [-0.2, -0.15) is 5.26 Å². The van der Waals surface area contributed by atoms with Crippen molar-refractivity contribution in [2.45, 2.75) is 38.1 Å². The zero-order valence-corrected chi connectivity index (χ0v) is 15.6. The second kappa shape index (κ2) is 8.44. The fourth-order valence-corrected chi connectivity index (χ4v) is 3.45. The molecule has 0 radical (unpaired) electrons. The van der Waals surface area contributed by atoms with Crippen LogP contribution in [0.5, 0.6) is 0 Å². The van der Waals surface area contributed by atoms with Gasteiger partial charge in [0, 0.05) is 22.7 Å². The molecule has 1 aromatic carbocycles. The van der Waals surface area contributed by atoms with Crippen molar-refractivity contribution >= 4 is 35.2 Å². The third-order valence-electron chi connectivity index (χ3n) is 4.41. The average Bonchev–Trinajstić information content (AvgIpc) is 3.11. The minimum atomic E-state index is -0.363. The summed E-state index contributed by atoms with van der Waals surface area (Å²) < 4.78 is 5.73. The molecule has 1 amide bonds. The summed E-state index contributed by atoms with van der Waals surface area (Å²) in [4.78, 5) is 12.3. The van der Waals surface area contributed by atoms with E-state index < -0.39 is 0 Å². The number of furan rings is 1. The Morgan fingerprint density at radius 2 is 1.96 bits per heavy atom. The molecule has 1 aliphatic rings. The first kappa shape index (κ1) is 18.6. The van der Waals surface area contributed by atoms with E-state index in [4.69, 9.17) is 27.6 Å². The molecule has 4 nitrogen and oxygen atoms in total. The van der Waals surface area contributed by atoms with Gasteiger partial charge in [0.2, 0.25) is 0 Å². The highest BCUT2D eigenvalue weighted by Gasteiger charge is 2.18. The van der Waals surface area contributed by atoms with E-state index in [-0.39, 0.29) is 17.5 Å². The maximum atomic E-state index is 12.3. The van der Waals surface area contributed by atoms with E-state index in [0.29, 0.717) is 27.1 Å². The summed E-state index contributed by atoms with van der Waals surface area (Å²) in [6.07, 6.45) is 6.79. The molecule has 1 fully saturated rings. The zero-order chi connectivity index (χ0) is 18.5. The third kappa shape index (κ3) is 4.49. The lowest BCUT2D eigenvalue weighted by molar-refractivity contribution is -0.117. The largest absolute Gasteiger partial charge is 0.457 e. The molecule has 1 aliphatic carbocycles. The minimum Gasteiger partial charge on any atom is -0.457 e. The van der Waals surface area contributed by atoms with Crippen molar-refractivity contribution in [3.8, 4) is 17.4 Å². The molecule has 1 N–H and O–H groups in total. The number of benzene rings is 1. The van der Waals surface area contributed by atoms with Gasteiger partial charge in [-0.25, -0.2) is 0 Å². The number of nitrogens with one attached hydrogen (secondary N) is 1. The zero-order valence-electron chi connectivity index (χ0n) is 14.1. The second-order valence-corrected chi connectivity index (χ2v) is 7.15. The first-order chi connectivity index (χ1) is 12.6. The highest BCUT2D eigenvalue weighted by atomic mass is 35.5. The van der Waals surface area contributed by atoms with E-state index in [9.17, 15) is 10.1 Å². The predicted octanol–water partition coefficient (Wildman–Crippen LogP) is 5.61. The van der Waals surface area contributed by atoms with Gasteiger partial charge >= 0.3 is 0 Å². The number of hydrogen-bond acceptors (Lipinski definition) is 3. The van der Waals surface area contributed by atoms with Crippen LogP contribution in [-0.4, -0.2) is 11.9 Å². The molecule has 0 bridgehead atoms. The number of nitriles is 1. The molecule has 0 unspecified atom stereocenters. The van der Waals surface area contributed by atoms with Crippen LogP contribution < -0.4 is 5.32 Å². The summed E-state index contributed by atoms with van der Waals surface area (Å²) in [7, 11) is 0. The quantitative estimate of drug-likeness (QED) is 0.546. The van der Waals surface area contributed by atoms with Crippen molar-refractivity contribution in [3.05, 3.63) is 51.7 Å². The van der Waals surface area contributed by atoms with Crippen molar-refractivity contribution in [2.24, 2.45) is 0 Å². The molecule has 1 saturated carbocycles. The molecule has 3 rings (SSSR count). The van der Waals surface area contributed by atoms with Crippen LogP contribution in [-0.2, 0) is 4.79 Å². The van der Waals surface area contributed by atoms with Crippen molar-refractivity contribution in [1.29, 1.82) is 5.26 Å². The molecule has 0 atom stereocenters. The van der Waals surface area contributed by atoms with E-state index in [1.54, 1.807) is 30.3 Å². The number of rotatable bonds is 4. The van der Waals surface area contributed by atoms with E-state index in [0.717, 1.165) is 25.7 Å². The van der Waals surface area contributed by atoms with Gasteiger partial charge < -0.3 is 9.73 Å². The van der Waals surface area contributed by atoms with Crippen LogP contribution in [0.2, 0.25) is 10.0 Å². The molecule has 0 aliphatic heterocycles. The second-order valence-electron chi connectivity index (χ2n) is 6.30. The number of amides is 1. The minimum absolute atomic E-state index is 0.0219. The summed E-state index contributed by atoms with van der Waals surface area (Å²) in [6, 6.07) is 10.6. The van der Waals surface area contributed by atoms with Crippen molar-refractivity contribution < 1.29 is 9.21 Å². The van der Waals surface area contributed by atoms with Crippen LogP contribution in [0.1, 0.15) is 37.9 Å². The Bertz CT molecular complexity index is 874. The number of halogens is 2. The number of carbonyl (C=O) groups excluding carboxylic acids is 1. The normalized spacial score (nSPS) is 15.5. The average molecular weight is 389 g/mol. The Morgan fingerprint density at radius 3 is 2.69 bits per heavy atom. The smallest absolute Gasteiger partial charge is 0.262 e. The van der Waals surface area contributed by atoms with Crippen molar-refractivity contribution in [3.63, 3.8) is 0 Å². The molecule has 0 spiro atoms. The topological polar surface area (TPSA) is 66.0 Å². The lowest BCUT2D eigenvalue weighted by Crippen LogP contribution is -2.36. The monoisotopic (exact) mass is 388 g/mol. The van der Waals surface area contributed by atoms with Gasteiger partial charge in [-0.15, -0.1) is 0 Å². The molecule has 2 aromatic rings. The maximum Gasteiger partial charge on any atom is 0.262 e. The van der Waals surface area contributed by atoms with E-state index in [2.05, 4.69) is 5.32 Å². The van der Waals surface area contributed by atoms with Gasteiger partial charge in [0.05, 0.1) is 5.02 Å². The molecule has 1 aromatic heterocycles. The summed E-state index contributed by atoms with van der Waals surface area (Å²) in [5.74, 6) is 0.568. The van der Waals surface area contributed by atoms with Gasteiger partial charge in [-0.3, -0.25) is 4.79 Å². The summed E-state index contributed by atoms with van der Waals surface area (Å²) in [5.41, 5.74) is 0.678. The van der Waals surface area contributed by atoms with Crippen molar-refractivity contribution in [2.75, 3.05) is 0 Å². The molecule has 6 heteroatoms. The Labute approximate surface area is 162 Å². The Hall–Kier alpha value is -2.22. The lowest BCUT2D eigenvalue weighted by Gasteiger charge is -2.22. The summed E-state index contributed by atoms with van der Waals surface area (Å²) in [5, 5.41) is 13.3. The number of hydrogen-bond donors (Lipinski definition) is 1. The molecular formula is C20H18Cl2N2O2. The van der Waals surface area contributed by atoms with Crippen molar-refractivity contribution in [1.82, 2.24) is 5.32 Å². The van der Waals surface area contributed by atoms with Crippen LogP contribution in [0, 0.1) is 11.3 Å². The van der Waals surface area contributed by atoms with E-state index in [1.807, 2.05) is 6.07 Å². The van der Waals surface area contributed by atoms with Gasteiger partial charge in [-0.05, 0) is 43.2 Å². The fourth-order valence-electron chi connectivity index (χ4n) is 3.06. The first-order valence-corrected chi connectivity index (χ1v) is 9.30. The van der Waals surface area contributed by atoms with Crippen LogP contribution in [0.15, 0.2) is 40.3 Å². The van der Waals surface area contributed by atoms with Crippen LogP contribution in [0.25, 0.3) is 17.4 Å². The Balaban J connectivity index is 1.77. The van der Waals surface area contributed by atoms with Gasteiger partial charge in [0.15, 0.2) is 0 Å². The van der Waals surface area contributed by atoms with Gasteiger partial charge in [-0.1, -0.05) is 42.5 Å².